The van der Waals surface area contributed by atoms with E-state index in [1.165, 1.54) is 5.69 Å². The van der Waals surface area contributed by atoms with Crippen LogP contribution in [0.4, 0.5) is 5.69 Å². The van der Waals surface area contributed by atoms with Gasteiger partial charge in [-0.3, -0.25) is 0 Å². The van der Waals surface area contributed by atoms with Gasteiger partial charge in [-0.25, -0.2) is 0 Å². The van der Waals surface area contributed by atoms with Crippen molar-refractivity contribution in [3.05, 3.63) is 28.2 Å². The summed E-state index contributed by atoms with van der Waals surface area (Å²) in [6.45, 7) is 6.66. The van der Waals surface area contributed by atoms with Gasteiger partial charge in [-0.1, -0.05) is 22.0 Å². The van der Waals surface area contributed by atoms with Crippen LogP contribution in [0.2, 0.25) is 0 Å². The van der Waals surface area contributed by atoms with Crippen molar-refractivity contribution in [2.75, 3.05) is 24.6 Å². The first-order chi connectivity index (χ1) is 8.58. The summed E-state index contributed by atoms with van der Waals surface area (Å²) < 4.78 is 6.62. The van der Waals surface area contributed by atoms with Gasteiger partial charge >= 0.3 is 0 Å². The molecule has 1 fully saturated rings. The molecule has 0 aliphatic carbocycles. The minimum atomic E-state index is -0.445. The Labute approximate surface area is 117 Å². The average molecular weight is 314 g/mol. The van der Waals surface area contributed by atoms with Crippen molar-refractivity contribution in [1.82, 2.24) is 0 Å². The Bertz CT molecular complexity index is 409. The van der Waals surface area contributed by atoms with Crippen LogP contribution in [0.15, 0.2) is 22.7 Å². The van der Waals surface area contributed by atoms with Crippen molar-refractivity contribution in [2.45, 2.75) is 32.5 Å². The first-order valence-corrected chi connectivity index (χ1v) is 7.21. The second-order valence-electron chi connectivity index (χ2n) is 4.86. The molecule has 2 atom stereocenters. The molecule has 3 nitrogen and oxygen atoms in total. The number of aliphatic hydroxyl groups excluding tert-OH is 1. The Morgan fingerprint density at radius 1 is 1.50 bits per heavy atom. The molecule has 1 saturated heterocycles. The molecule has 0 aromatic heterocycles. The number of hydrogen-bond acceptors (Lipinski definition) is 3. The number of benzene rings is 1. The van der Waals surface area contributed by atoms with Gasteiger partial charge in [-0.05, 0) is 38.0 Å². The molecule has 2 rings (SSSR count). The molecule has 0 amide bonds. The van der Waals surface area contributed by atoms with Crippen molar-refractivity contribution < 1.29 is 9.84 Å². The maximum Gasteiger partial charge on any atom is 0.0772 e. The molecule has 1 aliphatic rings. The lowest BCUT2D eigenvalue weighted by atomic mass is 10.1. The third-order valence-electron chi connectivity index (χ3n) is 3.25. The number of rotatable bonds is 2. The van der Waals surface area contributed by atoms with Gasteiger partial charge in [0.15, 0.2) is 0 Å². The van der Waals surface area contributed by atoms with E-state index >= 15 is 0 Å². The second-order valence-corrected chi connectivity index (χ2v) is 5.72. The lowest BCUT2D eigenvalue weighted by molar-refractivity contribution is 0.0821. The van der Waals surface area contributed by atoms with Gasteiger partial charge in [0.25, 0.3) is 0 Å². The van der Waals surface area contributed by atoms with Crippen molar-refractivity contribution in [3.63, 3.8) is 0 Å². The van der Waals surface area contributed by atoms with Gasteiger partial charge in [-0.15, -0.1) is 0 Å². The summed E-state index contributed by atoms with van der Waals surface area (Å²) in [7, 11) is 0. The standard InChI is InChI=1S/C14H20BrNO2/c1-10-9-16(6-3-7-18-10)12-4-5-13(11(2)17)14(15)8-12/h4-5,8,10-11,17H,3,6-7,9H2,1-2H3/t10?,11-/m1/s1. The predicted octanol–water partition coefficient (Wildman–Crippen LogP) is 3.12. The first kappa shape index (κ1) is 13.8. The van der Waals surface area contributed by atoms with E-state index in [0.717, 1.165) is 36.2 Å². The van der Waals surface area contributed by atoms with Gasteiger partial charge in [0.1, 0.15) is 0 Å². The fourth-order valence-corrected chi connectivity index (χ4v) is 2.98. The SMILES string of the molecule is CC1CN(c2ccc([C@@H](C)O)c(Br)c2)CCCO1. The fraction of sp³-hybridized carbons (Fsp3) is 0.571. The number of aliphatic hydroxyl groups is 1. The van der Waals surface area contributed by atoms with Gasteiger partial charge in [-0.2, -0.15) is 0 Å². The monoisotopic (exact) mass is 313 g/mol. The summed E-state index contributed by atoms with van der Waals surface area (Å²) in [6, 6.07) is 6.14. The molecule has 1 unspecified atom stereocenters. The normalized spacial score (nSPS) is 22.7. The van der Waals surface area contributed by atoms with Crippen molar-refractivity contribution in [3.8, 4) is 0 Å². The molecular formula is C14H20BrNO2. The molecule has 0 bridgehead atoms. The molecule has 1 aliphatic heterocycles. The third-order valence-corrected chi connectivity index (χ3v) is 3.94. The summed E-state index contributed by atoms with van der Waals surface area (Å²) in [5.41, 5.74) is 2.11. The third kappa shape index (κ3) is 3.25. The highest BCUT2D eigenvalue weighted by molar-refractivity contribution is 9.10. The van der Waals surface area contributed by atoms with Crippen LogP contribution in [-0.4, -0.2) is 30.9 Å². The van der Waals surface area contributed by atoms with E-state index in [9.17, 15) is 5.11 Å². The average Bonchev–Trinajstić information content (AvgIpc) is 2.53. The molecule has 18 heavy (non-hydrogen) atoms. The Balaban J connectivity index is 2.19. The van der Waals surface area contributed by atoms with E-state index in [4.69, 9.17) is 4.74 Å². The highest BCUT2D eigenvalue weighted by atomic mass is 79.9. The number of anilines is 1. The Morgan fingerprint density at radius 3 is 2.94 bits per heavy atom. The van der Waals surface area contributed by atoms with Gasteiger partial charge in [0.2, 0.25) is 0 Å². The fourth-order valence-electron chi connectivity index (χ4n) is 2.28. The number of ether oxygens (including phenoxy) is 1. The van der Waals surface area contributed by atoms with Crippen LogP contribution in [0.1, 0.15) is 31.9 Å². The maximum absolute atomic E-state index is 9.63. The Morgan fingerprint density at radius 2 is 2.28 bits per heavy atom. The van der Waals surface area contributed by atoms with E-state index in [2.05, 4.69) is 39.9 Å². The number of nitrogens with zero attached hydrogens (tertiary/aromatic N) is 1. The molecule has 4 heteroatoms. The summed E-state index contributed by atoms with van der Waals surface area (Å²) in [4.78, 5) is 2.34. The lowest BCUT2D eigenvalue weighted by Crippen LogP contribution is -2.30. The van der Waals surface area contributed by atoms with Crippen LogP contribution in [0.5, 0.6) is 0 Å². The van der Waals surface area contributed by atoms with Gasteiger partial charge < -0.3 is 14.7 Å². The zero-order valence-corrected chi connectivity index (χ0v) is 12.5. The lowest BCUT2D eigenvalue weighted by Gasteiger charge is -2.25. The topological polar surface area (TPSA) is 32.7 Å². The summed E-state index contributed by atoms with van der Waals surface area (Å²) in [5.74, 6) is 0. The van der Waals surface area contributed by atoms with Crippen LogP contribution in [0, 0.1) is 0 Å². The second kappa shape index (κ2) is 6.04. The van der Waals surface area contributed by atoms with E-state index in [1.807, 2.05) is 6.07 Å². The van der Waals surface area contributed by atoms with Gasteiger partial charge in [0.05, 0.1) is 12.2 Å². The zero-order chi connectivity index (χ0) is 13.1. The smallest absolute Gasteiger partial charge is 0.0772 e. The van der Waals surface area contributed by atoms with E-state index in [-0.39, 0.29) is 6.10 Å². The Hall–Kier alpha value is -0.580. The van der Waals surface area contributed by atoms with Crippen molar-refractivity contribution in [2.24, 2.45) is 0 Å². The minimum Gasteiger partial charge on any atom is -0.389 e. The van der Waals surface area contributed by atoms with Crippen molar-refractivity contribution >= 4 is 21.6 Å². The zero-order valence-electron chi connectivity index (χ0n) is 10.9. The number of hydrogen-bond donors (Lipinski definition) is 1. The molecule has 1 heterocycles. The van der Waals surface area contributed by atoms with Crippen LogP contribution < -0.4 is 4.90 Å². The molecule has 1 N–H and O–H groups in total. The molecule has 0 saturated carbocycles. The Kier molecular flexibility index (Phi) is 4.65. The highest BCUT2D eigenvalue weighted by Crippen LogP contribution is 2.29. The largest absolute Gasteiger partial charge is 0.389 e. The molecule has 0 radical (unpaired) electrons. The number of halogens is 1. The van der Waals surface area contributed by atoms with Crippen LogP contribution in [0.25, 0.3) is 0 Å². The van der Waals surface area contributed by atoms with Crippen molar-refractivity contribution in [1.29, 1.82) is 0 Å². The summed E-state index contributed by atoms with van der Waals surface area (Å²) >= 11 is 3.53. The van der Waals surface area contributed by atoms with Crippen LogP contribution >= 0.6 is 15.9 Å². The molecule has 1 aromatic carbocycles. The quantitative estimate of drug-likeness (QED) is 0.910. The minimum absolute atomic E-state index is 0.266. The van der Waals surface area contributed by atoms with Crippen LogP contribution in [0.3, 0.4) is 0 Å². The highest BCUT2D eigenvalue weighted by Gasteiger charge is 2.16. The summed E-state index contributed by atoms with van der Waals surface area (Å²) in [6.07, 6.45) is 0.877. The molecular weight excluding hydrogens is 294 g/mol. The van der Waals surface area contributed by atoms with E-state index in [0.29, 0.717) is 0 Å². The molecule has 100 valence electrons. The van der Waals surface area contributed by atoms with Gasteiger partial charge in [0, 0.05) is 29.9 Å². The maximum atomic E-state index is 9.63. The van der Waals surface area contributed by atoms with E-state index in [1.54, 1.807) is 6.92 Å². The molecule has 0 spiro atoms. The predicted molar refractivity (Wildman–Crippen MR) is 77.0 cm³/mol. The summed E-state index contributed by atoms with van der Waals surface area (Å²) in [5, 5.41) is 9.63. The van der Waals surface area contributed by atoms with E-state index < -0.39 is 6.10 Å². The van der Waals surface area contributed by atoms with Crippen LogP contribution in [-0.2, 0) is 4.74 Å². The first-order valence-electron chi connectivity index (χ1n) is 6.42. The molecule has 1 aromatic rings.